The second-order valence-corrected chi connectivity index (χ2v) is 7.01. The van der Waals surface area contributed by atoms with Crippen LogP contribution in [0.25, 0.3) is 0 Å². The molecule has 0 saturated carbocycles. The van der Waals surface area contributed by atoms with Gasteiger partial charge in [0.05, 0.1) is 5.02 Å². The smallest absolute Gasteiger partial charge is 0.279 e. The Labute approximate surface area is 177 Å². The molecule has 2 aromatic rings. The van der Waals surface area contributed by atoms with Crippen LogP contribution < -0.4 is 30.4 Å². The van der Waals surface area contributed by atoms with E-state index in [-0.39, 0.29) is 5.11 Å². The van der Waals surface area contributed by atoms with Gasteiger partial charge < -0.3 is 19.5 Å². The van der Waals surface area contributed by atoms with Crippen LogP contribution in [-0.4, -0.2) is 30.3 Å². The molecule has 1 aliphatic rings. The Kier molecular flexibility index (Phi) is 6.66. The predicted octanol–water partition coefficient (Wildman–Crippen LogP) is 3.55. The lowest BCUT2D eigenvalue weighted by Gasteiger charge is -2.20. The van der Waals surface area contributed by atoms with E-state index in [1.54, 1.807) is 37.3 Å². The van der Waals surface area contributed by atoms with Gasteiger partial charge in [0.2, 0.25) is 0 Å². The first-order chi connectivity index (χ1) is 13.4. The zero-order valence-corrected chi connectivity index (χ0v) is 17.1. The van der Waals surface area contributed by atoms with E-state index in [1.807, 2.05) is 0 Å². The predicted molar refractivity (Wildman–Crippen MR) is 111 cm³/mol. The van der Waals surface area contributed by atoms with E-state index in [4.69, 9.17) is 49.6 Å². The summed E-state index contributed by atoms with van der Waals surface area (Å²) < 4.78 is 16.5. The van der Waals surface area contributed by atoms with Crippen LogP contribution in [-0.2, 0) is 4.79 Å². The molecule has 1 heterocycles. The number of thiocarbonyl (C=S) groups is 1. The maximum absolute atomic E-state index is 12.2. The maximum atomic E-state index is 12.2. The number of hydrazine groups is 1. The number of carbonyl (C=O) groups is 1. The van der Waals surface area contributed by atoms with Crippen molar-refractivity contribution in [2.45, 2.75) is 13.0 Å². The molecule has 28 heavy (non-hydrogen) atoms. The number of halogens is 2. The standard InChI is InChI=1S/C18H17Cl2N3O4S/c1-10(27-15-8-11(19)2-4-13(15)20)17(24)22-23-18(28)21-12-3-5-14-16(9-12)26-7-6-25-14/h2-5,8-10H,6-7H2,1H3,(H,22,24)(H2,21,23,28). The first-order valence-corrected chi connectivity index (χ1v) is 9.47. The Bertz CT molecular complexity index is 897. The van der Waals surface area contributed by atoms with Crippen LogP contribution in [0, 0.1) is 0 Å². The summed E-state index contributed by atoms with van der Waals surface area (Å²) in [5, 5.41) is 3.94. The Balaban J connectivity index is 1.49. The van der Waals surface area contributed by atoms with Crippen molar-refractivity contribution in [1.82, 2.24) is 10.9 Å². The van der Waals surface area contributed by atoms with E-state index in [0.29, 0.717) is 46.2 Å². The van der Waals surface area contributed by atoms with Crippen molar-refractivity contribution in [1.29, 1.82) is 0 Å². The summed E-state index contributed by atoms with van der Waals surface area (Å²) >= 11 is 17.1. The molecule has 10 heteroatoms. The van der Waals surface area contributed by atoms with Gasteiger partial charge in [-0.3, -0.25) is 15.6 Å². The number of hydrogen-bond donors (Lipinski definition) is 3. The maximum Gasteiger partial charge on any atom is 0.279 e. The van der Waals surface area contributed by atoms with Gasteiger partial charge in [-0.1, -0.05) is 23.2 Å². The summed E-state index contributed by atoms with van der Waals surface area (Å²) in [7, 11) is 0. The molecule has 148 valence electrons. The Morgan fingerprint density at radius 1 is 1.11 bits per heavy atom. The Morgan fingerprint density at radius 3 is 2.64 bits per heavy atom. The van der Waals surface area contributed by atoms with Gasteiger partial charge in [0, 0.05) is 22.8 Å². The molecule has 7 nitrogen and oxygen atoms in total. The van der Waals surface area contributed by atoms with E-state index in [1.165, 1.54) is 6.07 Å². The summed E-state index contributed by atoms with van der Waals surface area (Å²) in [6, 6.07) is 10.1. The van der Waals surface area contributed by atoms with E-state index < -0.39 is 12.0 Å². The number of nitrogens with one attached hydrogen (secondary N) is 3. The molecule has 1 aliphatic heterocycles. The van der Waals surface area contributed by atoms with Crippen molar-refractivity contribution in [3.05, 3.63) is 46.4 Å². The average molecular weight is 442 g/mol. The van der Waals surface area contributed by atoms with Gasteiger partial charge in [0.25, 0.3) is 5.91 Å². The minimum atomic E-state index is -0.833. The Morgan fingerprint density at radius 2 is 1.86 bits per heavy atom. The zero-order valence-electron chi connectivity index (χ0n) is 14.8. The summed E-state index contributed by atoms with van der Waals surface area (Å²) in [4.78, 5) is 12.2. The molecule has 3 rings (SSSR count). The third-order valence-electron chi connectivity index (χ3n) is 3.67. The minimum absolute atomic E-state index is 0.193. The highest BCUT2D eigenvalue weighted by atomic mass is 35.5. The van der Waals surface area contributed by atoms with Gasteiger partial charge >= 0.3 is 0 Å². The van der Waals surface area contributed by atoms with E-state index >= 15 is 0 Å². The molecule has 0 aliphatic carbocycles. The number of rotatable bonds is 4. The third-order valence-corrected chi connectivity index (χ3v) is 4.42. The fourth-order valence-electron chi connectivity index (χ4n) is 2.31. The number of ether oxygens (including phenoxy) is 3. The lowest BCUT2D eigenvalue weighted by molar-refractivity contribution is -0.127. The van der Waals surface area contributed by atoms with E-state index in [9.17, 15) is 4.79 Å². The van der Waals surface area contributed by atoms with Crippen LogP contribution in [0.5, 0.6) is 17.2 Å². The Hall–Kier alpha value is -2.42. The van der Waals surface area contributed by atoms with Gasteiger partial charge in [0.1, 0.15) is 19.0 Å². The molecule has 1 unspecified atom stereocenters. The SMILES string of the molecule is CC(Oc1cc(Cl)ccc1Cl)C(=O)NNC(=S)Nc1ccc2c(c1)OCCO2. The van der Waals surface area contributed by atoms with Crippen LogP contribution in [0.4, 0.5) is 5.69 Å². The van der Waals surface area contributed by atoms with Gasteiger partial charge in [-0.05, 0) is 43.4 Å². The lowest BCUT2D eigenvalue weighted by atomic mass is 10.2. The van der Waals surface area contributed by atoms with Gasteiger partial charge in [-0.15, -0.1) is 0 Å². The van der Waals surface area contributed by atoms with E-state index in [0.717, 1.165) is 0 Å². The second-order valence-electron chi connectivity index (χ2n) is 5.76. The molecule has 2 aromatic carbocycles. The number of fused-ring (bicyclic) bond motifs is 1. The topological polar surface area (TPSA) is 80.9 Å². The molecule has 1 amide bonds. The highest BCUT2D eigenvalue weighted by Crippen LogP contribution is 2.32. The fraction of sp³-hybridized carbons (Fsp3) is 0.222. The molecule has 3 N–H and O–H groups in total. The number of amides is 1. The molecule has 0 bridgehead atoms. The molecule has 1 atom stereocenters. The largest absolute Gasteiger partial charge is 0.486 e. The number of anilines is 1. The molecule has 0 fully saturated rings. The van der Waals surface area contributed by atoms with Gasteiger partial charge in [-0.25, -0.2) is 0 Å². The third kappa shape index (κ3) is 5.31. The monoisotopic (exact) mass is 441 g/mol. The molecule has 0 aromatic heterocycles. The number of benzene rings is 2. The molecular weight excluding hydrogens is 425 g/mol. The van der Waals surface area contributed by atoms with Crippen LogP contribution in [0.15, 0.2) is 36.4 Å². The average Bonchev–Trinajstić information content (AvgIpc) is 2.68. The zero-order chi connectivity index (χ0) is 20.1. The van der Waals surface area contributed by atoms with Crippen LogP contribution >= 0.6 is 35.4 Å². The highest BCUT2D eigenvalue weighted by Gasteiger charge is 2.17. The van der Waals surface area contributed by atoms with Crippen LogP contribution in [0.1, 0.15) is 6.92 Å². The fourth-order valence-corrected chi connectivity index (χ4v) is 2.81. The van der Waals surface area contributed by atoms with Crippen molar-refractivity contribution in [2.24, 2.45) is 0 Å². The van der Waals surface area contributed by atoms with Crippen LogP contribution in [0.3, 0.4) is 0 Å². The quantitative estimate of drug-likeness (QED) is 0.494. The highest BCUT2D eigenvalue weighted by molar-refractivity contribution is 7.80. The number of carbonyl (C=O) groups excluding carboxylic acids is 1. The molecule has 0 radical (unpaired) electrons. The second kappa shape index (κ2) is 9.18. The summed E-state index contributed by atoms with van der Waals surface area (Å²) in [6.45, 7) is 2.59. The van der Waals surface area contributed by atoms with Crippen molar-refractivity contribution in [3.8, 4) is 17.2 Å². The number of hydrogen-bond acceptors (Lipinski definition) is 5. The summed E-state index contributed by atoms with van der Waals surface area (Å²) in [5.41, 5.74) is 5.77. The lowest BCUT2D eigenvalue weighted by Crippen LogP contribution is -2.48. The molecular formula is C18H17Cl2N3O4S. The van der Waals surface area contributed by atoms with Crippen LogP contribution in [0.2, 0.25) is 10.0 Å². The van der Waals surface area contributed by atoms with Gasteiger partial charge in [-0.2, -0.15) is 0 Å². The molecule has 0 spiro atoms. The van der Waals surface area contributed by atoms with Crippen molar-refractivity contribution >= 4 is 52.1 Å². The van der Waals surface area contributed by atoms with Crippen molar-refractivity contribution in [3.63, 3.8) is 0 Å². The first-order valence-electron chi connectivity index (χ1n) is 8.30. The first kappa shape index (κ1) is 20.3. The van der Waals surface area contributed by atoms with Crippen molar-refractivity contribution in [2.75, 3.05) is 18.5 Å². The summed E-state index contributed by atoms with van der Waals surface area (Å²) in [6.07, 6.45) is -0.833. The van der Waals surface area contributed by atoms with Crippen molar-refractivity contribution < 1.29 is 19.0 Å². The summed E-state index contributed by atoms with van der Waals surface area (Å²) in [5.74, 6) is 1.18. The normalized spacial score (nSPS) is 13.2. The van der Waals surface area contributed by atoms with Gasteiger partial charge in [0.15, 0.2) is 22.7 Å². The minimum Gasteiger partial charge on any atom is -0.486 e. The molecule has 0 saturated heterocycles. The van der Waals surface area contributed by atoms with E-state index in [2.05, 4.69) is 16.2 Å².